The van der Waals surface area contributed by atoms with E-state index in [0.717, 1.165) is 44.4 Å². The van der Waals surface area contributed by atoms with Crippen LogP contribution >= 0.6 is 0 Å². The van der Waals surface area contributed by atoms with Crippen LogP contribution in [0.1, 0.15) is 156 Å². The first-order valence-electron chi connectivity index (χ1n) is 16.3. The summed E-state index contributed by atoms with van der Waals surface area (Å²) in [4.78, 5) is 0. The van der Waals surface area contributed by atoms with Crippen molar-refractivity contribution in [2.24, 2.45) is 28.6 Å². The molecule has 1 nitrogen and oxygen atoms in total. The number of alkyl halides is 2. The first-order valence-corrected chi connectivity index (χ1v) is 16.3. The predicted octanol–water partition coefficient (Wildman–Crippen LogP) is 10.3. The van der Waals surface area contributed by atoms with Crippen LogP contribution in [0.3, 0.4) is 0 Å². The summed E-state index contributed by atoms with van der Waals surface area (Å²) in [5.41, 5.74) is 0.0194. The zero-order valence-corrected chi connectivity index (χ0v) is 23.9. The highest BCUT2D eigenvalue weighted by Gasteiger charge is 2.74. The highest BCUT2D eigenvalue weighted by molar-refractivity contribution is 5.21. The van der Waals surface area contributed by atoms with Gasteiger partial charge in [0.2, 0.25) is 0 Å². The molecule has 0 aromatic carbocycles. The first-order chi connectivity index (χ1) is 17.3. The van der Waals surface area contributed by atoms with Gasteiger partial charge in [-0.05, 0) is 125 Å². The molecule has 5 aliphatic carbocycles. The van der Waals surface area contributed by atoms with Crippen molar-refractivity contribution in [3.63, 3.8) is 0 Å². The van der Waals surface area contributed by atoms with Gasteiger partial charge < -0.3 is 4.74 Å². The number of ether oxygens (including phenoxy) is 1. The molecule has 1 heterocycles. The van der Waals surface area contributed by atoms with E-state index >= 15 is 8.78 Å². The van der Waals surface area contributed by atoms with E-state index in [2.05, 4.69) is 20.8 Å². The second-order valence-electron chi connectivity index (χ2n) is 14.5. The van der Waals surface area contributed by atoms with Gasteiger partial charge in [0, 0.05) is 0 Å². The van der Waals surface area contributed by atoms with E-state index in [9.17, 15) is 0 Å². The summed E-state index contributed by atoms with van der Waals surface area (Å²) in [6.45, 7) is 6.58. The minimum atomic E-state index is -1.43. The quantitative estimate of drug-likeness (QED) is 0.200. The smallest absolute Gasteiger partial charge is 0.163 e. The van der Waals surface area contributed by atoms with Crippen molar-refractivity contribution in [2.75, 3.05) is 0 Å². The van der Waals surface area contributed by atoms with Gasteiger partial charge in [0.1, 0.15) is 11.8 Å². The molecule has 6 fully saturated rings. The van der Waals surface area contributed by atoms with Gasteiger partial charge in [-0.1, -0.05) is 58.8 Å². The molecule has 2 bridgehead atoms. The lowest BCUT2D eigenvalue weighted by atomic mass is 9.47. The molecule has 208 valence electrons. The summed E-state index contributed by atoms with van der Waals surface area (Å²) in [6, 6.07) is 0. The number of epoxide rings is 1. The van der Waals surface area contributed by atoms with Crippen LogP contribution in [0.2, 0.25) is 0 Å². The summed E-state index contributed by atoms with van der Waals surface area (Å²) >= 11 is 0. The van der Waals surface area contributed by atoms with Crippen LogP contribution in [0.4, 0.5) is 8.78 Å². The van der Waals surface area contributed by atoms with Crippen molar-refractivity contribution >= 4 is 0 Å². The van der Waals surface area contributed by atoms with Crippen molar-refractivity contribution in [2.45, 2.75) is 179 Å². The Kier molecular flexibility index (Phi) is 8.19. The Morgan fingerprint density at radius 3 is 1.94 bits per heavy atom. The molecule has 0 N–H and O–H groups in total. The molecule has 5 saturated carbocycles. The van der Waals surface area contributed by atoms with Crippen LogP contribution < -0.4 is 0 Å². The zero-order valence-electron chi connectivity index (χ0n) is 23.9. The monoisotopic (exact) mass is 506 g/mol. The Balaban J connectivity index is 1.10. The molecule has 5 unspecified atom stereocenters. The average Bonchev–Trinajstić information content (AvgIpc) is 3.51. The van der Waals surface area contributed by atoms with Crippen LogP contribution in [0.15, 0.2) is 0 Å². The topological polar surface area (TPSA) is 12.5 Å². The van der Waals surface area contributed by atoms with E-state index in [1.54, 1.807) is 0 Å². The lowest BCUT2D eigenvalue weighted by Gasteiger charge is -2.58. The van der Waals surface area contributed by atoms with E-state index < -0.39 is 23.5 Å². The molecule has 0 aromatic rings. The largest absolute Gasteiger partial charge is 0.360 e. The Bertz CT molecular complexity index is 705. The molecule has 1 aliphatic heterocycles. The standard InChI is InChI=1S/C33H56F2O/c1-4-6-8-10-16-30(3)33(36-30)18-15-27(28(34)29(33)35)25-11-13-26(14-12-25)32-22-19-31(20-23-32,21-24-32)17-9-7-5-2/h25-29H,4-24H2,1-3H3. The average molecular weight is 507 g/mol. The van der Waals surface area contributed by atoms with Crippen molar-refractivity contribution in [1.82, 2.24) is 0 Å². The van der Waals surface area contributed by atoms with Gasteiger partial charge in [-0.15, -0.1) is 0 Å². The summed E-state index contributed by atoms with van der Waals surface area (Å²) < 4.78 is 37.4. The molecule has 1 saturated heterocycles. The van der Waals surface area contributed by atoms with Gasteiger partial charge in [-0.25, -0.2) is 8.78 Å². The van der Waals surface area contributed by atoms with E-state index in [1.165, 1.54) is 96.3 Å². The van der Waals surface area contributed by atoms with Gasteiger partial charge in [0.05, 0.1) is 5.60 Å². The van der Waals surface area contributed by atoms with Crippen LogP contribution in [0.5, 0.6) is 0 Å². The fourth-order valence-electron chi connectivity index (χ4n) is 10.0. The fraction of sp³-hybridized carbons (Fsp3) is 1.00. The molecule has 3 heteroatoms. The van der Waals surface area contributed by atoms with Crippen molar-refractivity contribution in [3.05, 3.63) is 0 Å². The summed E-state index contributed by atoms with van der Waals surface area (Å²) in [5, 5.41) is 0. The minimum Gasteiger partial charge on any atom is -0.360 e. The van der Waals surface area contributed by atoms with E-state index in [4.69, 9.17) is 4.74 Å². The maximum absolute atomic E-state index is 15.7. The SMILES string of the molecule is CCCCCCC1(C)OC12CCC(C1CCC(C34CCC(CCCCC)(CC3)CC4)CC1)C(F)C2F. The van der Waals surface area contributed by atoms with Gasteiger partial charge in [-0.3, -0.25) is 0 Å². The summed E-state index contributed by atoms with van der Waals surface area (Å²) in [6.07, 6.45) is 23.5. The van der Waals surface area contributed by atoms with Gasteiger partial charge in [-0.2, -0.15) is 0 Å². The number of rotatable bonds is 11. The van der Waals surface area contributed by atoms with Crippen LogP contribution in [-0.4, -0.2) is 23.5 Å². The number of hydrogen-bond acceptors (Lipinski definition) is 1. The molecular formula is C33H56F2O. The Labute approximate surface area is 221 Å². The normalized spacial score (nSPS) is 48.4. The van der Waals surface area contributed by atoms with Gasteiger partial charge in [0.15, 0.2) is 6.17 Å². The second kappa shape index (κ2) is 10.8. The predicted molar refractivity (Wildman–Crippen MR) is 146 cm³/mol. The summed E-state index contributed by atoms with van der Waals surface area (Å²) in [7, 11) is 0. The second-order valence-corrected chi connectivity index (χ2v) is 14.5. The third kappa shape index (κ3) is 4.83. The van der Waals surface area contributed by atoms with E-state index in [1.807, 2.05) is 0 Å². The Morgan fingerprint density at radius 1 is 0.694 bits per heavy atom. The number of fused-ring (bicyclic) bond motifs is 3. The number of halogens is 2. The van der Waals surface area contributed by atoms with Crippen LogP contribution in [0, 0.1) is 28.6 Å². The van der Waals surface area contributed by atoms with Crippen molar-refractivity contribution in [1.29, 1.82) is 0 Å². The molecular weight excluding hydrogens is 450 g/mol. The highest BCUT2D eigenvalue weighted by atomic mass is 19.2. The molecule has 0 radical (unpaired) electrons. The van der Waals surface area contributed by atoms with E-state index in [-0.39, 0.29) is 5.92 Å². The van der Waals surface area contributed by atoms with Crippen LogP contribution in [0.25, 0.3) is 0 Å². The highest BCUT2D eigenvalue weighted by Crippen LogP contribution is 2.65. The molecule has 0 aromatic heterocycles. The summed E-state index contributed by atoms with van der Waals surface area (Å²) in [5.74, 6) is 1.15. The molecule has 6 aliphatic rings. The maximum Gasteiger partial charge on any atom is 0.163 e. The lowest BCUT2D eigenvalue weighted by molar-refractivity contribution is -0.0751. The minimum absolute atomic E-state index is 0.0819. The lowest BCUT2D eigenvalue weighted by Crippen LogP contribution is -2.50. The number of hydrogen-bond donors (Lipinski definition) is 0. The molecule has 36 heavy (non-hydrogen) atoms. The fourth-order valence-corrected chi connectivity index (χ4v) is 10.0. The molecule has 6 rings (SSSR count). The van der Waals surface area contributed by atoms with Gasteiger partial charge >= 0.3 is 0 Å². The van der Waals surface area contributed by atoms with Crippen molar-refractivity contribution in [3.8, 4) is 0 Å². The van der Waals surface area contributed by atoms with E-state index in [0.29, 0.717) is 16.7 Å². The Morgan fingerprint density at radius 2 is 1.31 bits per heavy atom. The van der Waals surface area contributed by atoms with Crippen LogP contribution in [-0.2, 0) is 4.74 Å². The molecule has 1 spiro atoms. The molecule has 0 amide bonds. The third-order valence-corrected chi connectivity index (χ3v) is 12.8. The number of unbranched alkanes of at least 4 members (excludes halogenated alkanes) is 5. The van der Waals surface area contributed by atoms with Crippen molar-refractivity contribution < 1.29 is 13.5 Å². The third-order valence-electron chi connectivity index (χ3n) is 12.8. The first kappa shape index (κ1) is 27.4. The maximum atomic E-state index is 15.7. The van der Waals surface area contributed by atoms with Gasteiger partial charge in [0.25, 0.3) is 0 Å². The zero-order chi connectivity index (χ0) is 25.4. The Hall–Kier alpha value is -0.180. The molecule has 5 atom stereocenters.